The Morgan fingerprint density at radius 3 is 2.44 bits per heavy atom. The van der Waals surface area contributed by atoms with Gasteiger partial charge in [0.1, 0.15) is 11.6 Å². The van der Waals surface area contributed by atoms with Crippen molar-refractivity contribution >= 4 is 0 Å². The van der Waals surface area contributed by atoms with Gasteiger partial charge >= 0.3 is 0 Å². The van der Waals surface area contributed by atoms with Gasteiger partial charge < -0.3 is 9.72 Å². The lowest BCUT2D eigenvalue weighted by molar-refractivity contribution is 0.414. The predicted molar refractivity (Wildman–Crippen MR) is 63.9 cm³/mol. The van der Waals surface area contributed by atoms with E-state index in [4.69, 9.17) is 4.74 Å². The van der Waals surface area contributed by atoms with Crippen LogP contribution in [0.1, 0.15) is 22.5 Å². The minimum atomic E-state index is 0.842. The SMILES string of the molecule is COc1cc(C)c(Cc2ncc[nH]2)c(C)c1. The molecule has 0 unspecified atom stereocenters. The van der Waals surface area contributed by atoms with Gasteiger partial charge in [0.05, 0.1) is 7.11 Å². The Balaban J connectivity index is 2.34. The average molecular weight is 216 g/mol. The standard InChI is InChI=1S/C13H16N2O/c1-9-6-11(16-3)7-10(2)12(9)8-13-14-4-5-15-13/h4-7H,8H2,1-3H3,(H,14,15). The third-order valence-electron chi connectivity index (χ3n) is 2.80. The van der Waals surface area contributed by atoms with Gasteiger partial charge in [0.2, 0.25) is 0 Å². The summed E-state index contributed by atoms with van der Waals surface area (Å²) < 4.78 is 5.24. The van der Waals surface area contributed by atoms with E-state index < -0.39 is 0 Å². The van der Waals surface area contributed by atoms with Crippen LogP contribution in [0.5, 0.6) is 5.75 Å². The zero-order chi connectivity index (χ0) is 11.5. The molecule has 0 bridgehead atoms. The molecule has 1 aromatic heterocycles. The fourth-order valence-electron chi connectivity index (χ4n) is 1.91. The van der Waals surface area contributed by atoms with Crippen LogP contribution in [0.4, 0.5) is 0 Å². The van der Waals surface area contributed by atoms with Crippen molar-refractivity contribution in [3.8, 4) is 5.75 Å². The molecular weight excluding hydrogens is 200 g/mol. The second-order valence-electron chi connectivity index (χ2n) is 3.95. The molecule has 0 saturated heterocycles. The molecule has 0 aliphatic rings. The Bertz CT molecular complexity index is 452. The van der Waals surface area contributed by atoms with E-state index in [-0.39, 0.29) is 0 Å². The fraction of sp³-hybridized carbons (Fsp3) is 0.308. The Labute approximate surface area is 95.5 Å². The minimum Gasteiger partial charge on any atom is -0.497 e. The van der Waals surface area contributed by atoms with E-state index in [1.165, 1.54) is 16.7 Å². The Morgan fingerprint density at radius 1 is 1.25 bits per heavy atom. The zero-order valence-corrected chi connectivity index (χ0v) is 9.87. The summed E-state index contributed by atoms with van der Waals surface area (Å²) >= 11 is 0. The van der Waals surface area contributed by atoms with Crippen LogP contribution in [-0.2, 0) is 6.42 Å². The van der Waals surface area contributed by atoms with Crippen molar-refractivity contribution in [2.45, 2.75) is 20.3 Å². The van der Waals surface area contributed by atoms with Crippen LogP contribution in [0.2, 0.25) is 0 Å². The molecule has 0 aliphatic carbocycles. The highest BCUT2D eigenvalue weighted by Crippen LogP contribution is 2.23. The number of aromatic amines is 1. The third kappa shape index (κ3) is 2.08. The normalized spacial score (nSPS) is 10.4. The highest BCUT2D eigenvalue weighted by Gasteiger charge is 2.07. The van der Waals surface area contributed by atoms with Crippen LogP contribution in [0.25, 0.3) is 0 Å². The van der Waals surface area contributed by atoms with Gasteiger partial charge in [-0.3, -0.25) is 0 Å². The van der Waals surface area contributed by atoms with Gasteiger partial charge in [-0.1, -0.05) is 0 Å². The van der Waals surface area contributed by atoms with Crippen molar-refractivity contribution < 1.29 is 4.74 Å². The van der Waals surface area contributed by atoms with Crippen molar-refractivity contribution in [3.63, 3.8) is 0 Å². The molecule has 3 nitrogen and oxygen atoms in total. The molecule has 0 saturated carbocycles. The summed E-state index contributed by atoms with van der Waals surface area (Å²) in [7, 11) is 1.69. The van der Waals surface area contributed by atoms with Crippen molar-refractivity contribution in [2.75, 3.05) is 7.11 Å². The van der Waals surface area contributed by atoms with Gasteiger partial charge in [-0.2, -0.15) is 0 Å². The van der Waals surface area contributed by atoms with Gasteiger partial charge in [0.25, 0.3) is 0 Å². The van der Waals surface area contributed by atoms with Crippen LogP contribution in [-0.4, -0.2) is 17.1 Å². The third-order valence-corrected chi connectivity index (χ3v) is 2.80. The number of imidazole rings is 1. The maximum absolute atomic E-state index is 5.24. The van der Waals surface area contributed by atoms with Gasteiger partial charge in [-0.25, -0.2) is 4.98 Å². The number of nitrogens with one attached hydrogen (secondary N) is 1. The number of ether oxygens (including phenoxy) is 1. The lowest BCUT2D eigenvalue weighted by Gasteiger charge is -2.11. The molecule has 2 rings (SSSR count). The number of rotatable bonds is 3. The molecule has 3 heteroatoms. The molecule has 0 spiro atoms. The first-order valence-corrected chi connectivity index (χ1v) is 5.33. The van der Waals surface area contributed by atoms with Gasteiger partial charge in [0.15, 0.2) is 0 Å². The quantitative estimate of drug-likeness (QED) is 0.856. The summed E-state index contributed by atoms with van der Waals surface area (Å²) in [6, 6.07) is 4.12. The van der Waals surface area contributed by atoms with E-state index in [0.717, 1.165) is 18.0 Å². The summed E-state index contributed by atoms with van der Waals surface area (Å²) in [6.45, 7) is 4.21. The first kappa shape index (κ1) is 10.7. The highest BCUT2D eigenvalue weighted by molar-refractivity contribution is 5.42. The number of hydrogen-bond donors (Lipinski definition) is 1. The molecule has 1 N–H and O–H groups in total. The Kier molecular flexibility index (Phi) is 2.95. The molecule has 0 radical (unpaired) electrons. The Morgan fingerprint density at radius 2 is 1.94 bits per heavy atom. The number of aryl methyl sites for hydroxylation is 2. The van der Waals surface area contributed by atoms with Crippen molar-refractivity contribution in [2.24, 2.45) is 0 Å². The van der Waals surface area contributed by atoms with Crippen molar-refractivity contribution in [3.05, 3.63) is 47.0 Å². The summed E-state index contributed by atoms with van der Waals surface area (Å²) in [5, 5.41) is 0. The number of nitrogens with zero attached hydrogens (tertiary/aromatic N) is 1. The van der Waals surface area contributed by atoms with Gasteiger partial charge in [-0.15, -0.1) is 0 Å². The lowest BCUT2D eigenvalue weighted by atomic mass is 9.99. The van der Waals surface area contributed by atoms with Gasteiger partial charge in [-0.05, 0) is 42.7 Å². The maximum atomic E-state index is 5.24. The minimum absolute atomic E-state index is 0.842. The first-order valence-electron chi connectivity index (χ1n) is 5.33. The van der Waals surface area contributed by atoms with Crippen molar-refractivity contribution in [1.29, 1.82) is 0 Å². The highest BCUT2D eigenvalue weighted by atomic mass is 16.5. The fourth-order valence-corrected chi connectivity index (χ4v) is 1.91. The number of methoxy groups -OCH3 is 1. The molecule has 0 aliphatic heterocycles. The number of hydrogen-bond acceptors (Lipinski definition) is 2. The molecule has 0 atom stereocenters. The number of benzene rings is 1. The van der Waals surface area contributed by atoms with Crippen LogP contribution in [0.3, 0.4) is 0 Å². The van der Waals surface area contributed by atoms with E-state index in [1.807, 2.05) is 6.20 Å². The summed E-state index contributed by atoms with van der Waals surface area (Å²) in [6.07, 6.45) is 4.47. The molecule has 2 aromatic rings. The number of H-pyrrole nitrogens is 1. The summed E-state index contributed by atoms with van der Waals surface area (Å²) in [4.78, 5) is 7.38. The van der Waals surface area contributed by atoms with Crippen LogP contribution < -0.4 is 4.74 Å². The van der Waals surface area contributed by atoms with Crippen LogP contribution in [0, 0.1) is 13.8 Å². The second-order valence-corrected chi connectivity index (χ2v) is 3.95. The monoisotopic (exact) mass is 216 g/mol. The van der Waals surface area contributed by atoms with Crippen LogP contribution >= 0.6 is 0 Å². The zero-order valence-electron chi connectivity index (χ0n) is 9.87. The molecule has 84 valence electrons. The van der Waals surface area contributed by atoms with E-state index in [0.29, 0.717) is 0 Å². The molecule has 0 fully saturated rings. The lowest BCUT2D eigenvalue weighted by Crippen LogP contribution is -1.98. The Hall–Kier alpha value is -1.77. The summed E-state index contributed by atoms with van der Waals surface area (Å²) in [5.41, 5.74) is 3.80. The molecule has 1 aromatic carbocycles. The van der Waals surface area contributed by atoms with Crippen molar-refractivity contribution in [1.82, 2.24) is 9.97 Å². The predicted octanol–water partition coefficient (Wildman–Crippen LogP) is 2.63. The van der Waals surface area contributed by atoms with Gasteiger partial charge in [0, 0.05) is 18.8 Å². The average Bonchev–Trinajstić information content (AvgIpc) is 2.75. The second kappa shape index (κ2) is 4.39. The topological polar surface area (TPSA) is 37.9 Å². The summed E-state index contributed by atoms with van der Waals surface area (Å²) in [5.74, 6) is 1.91. The maximum Gasteiger partial charge on any atom is 0.119 e. The largest absolute Gasteiger partial charge is 0.497 e. The van der Waals surface area contributed by atoms with Crippen LogP contribution in [0.15, 0.2) is 24.5 Å². The van der Waals surface area contributed by atoms with E-state index in [2.05, 4.69) is 35.9 Å². The molecule has 1 heterocycles. The van der Waals surface area contributed by atoms with E-state index in [1.54, 1.807) is 13.3 Å². The first-order chi connectivity index (χ1) is 7.70. The molecule has 0 amide bonds. The van der Waals surface area contributed by atoms with E-state index in [9.17, 15) is 0 Å². The van der Waals surface area contributed by atoms with E-state index >= 15 is 0 Å². The molecule has 16 heavy (non-hydrogen) atoms. The number of aromatic nitrogens is 2. The molecular formula is C13H16N2O. The smallest absolute Gasteiger partial charge is 0.119 e.